The quantitative estimate of drug-likeness (QED) is 0.198. The molecule has 1 N–H and O–H groups in total. The number of aryl methyl sites for hydroxylation is 1. The van der Waals surface area contributed by atoms with Crippen molar-refractivity contribution in [2.24, 2.45) is 0 Å². The van der Waals surface area contributed by atoms with Crippen LogP contribution in [0.2, 0.25) is 0 Å². The van der Waals surface area contributed by atoms with Gasteiger partial charge in [0, 0.05) is 0 Å². The molecule has 0 radical (unpaired) electrons. The van der Waals surface area contributed by atoms with Crippen LogP contribution in [0.4, 0.5) is 16.4 Å². The molecule has 0 spiro atoms. The molecule has 10 heteroatoms. The predicted molar refractivity (Wildman–Crippen MR) is 174 cm³/mol. The van der Waals surface area contributed by atoms with Crippen LogP contribution in [-0.4, -0.2) is 74.0 Å². The summed E-state index contributed by atoms with van der Waals surface area (Å²) in [6, 6.07) is 22.4. The Morgan fingerprint density at radius 3 is 2.66 bits per heavy atom. The maximum atomic E-state index is 12.7. The molecule has 2 aromatic carbocycles. The third-order valence-corrected chi connectivity index (χ3v) is 10.2. The van der Waals surface area contributed by atoms with Crippen molar-refractivity contribution < 1.29 is 14.3 Å². The van der Waals surface area contributed by atoms with Crippen molar-refractivity contribution in [2.75, 3.05) is 43.6 Å². The van der Waals surface area contributed by atoms with Crippen LogP contribution in [-0.2, 0) is 22.6 Å². The minimum absolute atomic E-state index is 0.0618. The number of amides is 1. The zero-order valence-corrected chi connectivity index (χ0v) is 26.9. The minimum atomic E-state index is -0.347. The monoisotopic (exact) mass is 656 g/mol. The standard InChI is InChI=1S/C34H36N6O3Se/c1-23-30-19-35-32(40-13-15-42-16-14-40)18-29(30)33(38-37-23)36-24(2)31-17-27(22-44-31)28-12-8-7-11-26(28)20-39(3)34(41)43-21-25-9-5-4-6-10-25/h4-12,17-19,22,24H,13-16,20-21H2,1-3H3,(H,36,38)/t24-/m1/s1. The Balaban J connectivity index is 1.17. The molecule has 0 unspecified atom stereocenters. The number of carbonyl (C=O) groups is 1. The van der Waals surface area contributed by atoms with Crippen molar-refractivity contribution in [3.63, 3.8) is 0 Å². The third-order valence-electron chi connectivity index (χ3n) is 7.82. The van der Waals surface area contributed by atoms with Gasteiger partial charge < -0.3 is 0 Å². The second-order valence-corrected chi connectivity index (χ2v) is 13.0. The fourth-order valence-corrected chi connectivity index (χ4v) is 7.24. The molecule has 5 aromatic rings. The molecular formula is C34H36N6O3Se. The number of fused-ring (bicyclic) bond motifs is 1. The summed E-state index contributed by atoms with van der Waals surface area (Å²) in [6.07, 6.45) is 1.56. The Hall–Kier alpha value is -4.24. The van der Waals surface area contributed by atoms with Crippen molar-refractivity contribution in [1.82, 2.24) is 20.1 Å². The summed E-state index contributed by atoms with van der Waals surface area (Å²) < 4.78 is 12.4. The van der Waals surface area contributed by atoms with Crippen LogP contribution in [0.1, 0.15) is 34.2 Å². The molecule has 0 aliphatic carbocycles. The number of hydrogen-bond donors (Lipinski definition) is 1. The summed E-state index contributed by atoms with van der Waals surface area (Å²) in [7, 11) is 1.78. The number of anilines is 2. The molecule has 9 nitrogen and oxygen atoms in total. The fourth-order valence-electron chi connectivity index (χ4n) is 5.32. The average Bonchev–Trinajstić information content (AvgIpc) is 3.56. The maximum absolute atomic E-state index is 12.7. The van der Waals surface area contributed by atoms with Gasteiger partial charge in [0.25, 0.3) is 0 Å². The van der Waals surface area contributed by atoms with Gasteiger partial charge in [-0.1, -0.05) is 6.07 Å². The molecule has 226 valence electrons. The number of pyridine rings is 1. The molecule has 1 saturated heterocycles. The van der Waals surface area contributed by atoms with Gasteiger partial charge in [-0.3, -0.25) is 0 Å². The first-order chi connectivity index (χ1) is 21.5. The van der Waals surface area contributed by atoms with Gasteiger partial charge in [-0.15, -0.1) is 0 Å². The first-order valence-electron chi connectivity index (χ1n) is 14.8. The first kappa shape index (κ1) is 29.8. The van der Waals surface area contributed by atoms with Crippen LogP contribution < -0.4 is 10.2 Å². The molecular weight excluding hydrogens is 619 g/mol. The van der Waals surface area contributed by atoms with Crippen LogP contribution in [0.3, 0.4) is 0 Å². The number of nitrogens with one attached hydrogen (secondary N) is 1. The summed E-state index contributed by atoms with van der Waals surface area (Å²) in [5.74, 6) is 1.69. The summed E-state index contributed by atoms with van der Waals surface area (Å²) in [5, 5.41) is 14.6. The molecule has 1 aliphatic rings. The summed E-state index contributed by atoms with van der Waals surface area (Å²) in [4.78, 5) is 23.7. The number of hydrogen-bond acceptors (Lipinski definition) is 8. The number of ether oxygens (including phenoxy) is 2. The number of carbonyl (C=O) groups excluding carboxylic acids is 1. The average molecular weight is 656 g/mol. The number of rotatable bonds is 9. The Labute approximate surface area is 263 Å². The summed E-state index contributed by atoms with van der Waals surface area (Å²) in [5.41, 5.74) is 5.20. The van der Waals surface area contributed by atoms with Gasteiger partial charge in [0.05, 0.1) is 0 Å². The van der Waals surface area contributed by atoms with Crippen LogP contribution in [0.15, 0.2) is 77.9 Å². The van der Waals surface area contributed by atoms with Crippen LogP contribution in [0.25, 0.3) is 21.9 Å². The van der Waals surface area contributed by atoms with Crippen molar-refractivity contribution >= 4 is 43.0 Å². The van der Waals surface area contributed by atoms with Crippen LogP contribution in [0.5, 0.6) is 0 Å². The Morgan fingerprint density at radius 1 is 1.07 bits per heavy atom. The van der Waals surface area contributed by atoms with E-state index in [9.17, 15) is 4.79 Å². The molecule has 0 bridgehead atoms. The van der Waals surface area contributed by atoms with Crippen LogP contribution >= 0.6 is 0 Å². The second-order valence-electron chi connectivity index (χ2n) is 11.0. The van der Waals surface area contributed by atoms with E-state index < -0.39 is 0 Å². The van der Waals surface area contributed by atoms with Gasteiger partial charge in [0.1, 0.15) is 0 Å². The topological polar surface area (TPSA) is 92.7 Å². The number of morpholine rings is 1. The molecule has 44 heavy (non-hydrogen) atoms. The fraction of sp³-hybridized carbons (Fsp3) is 0.294. The van der Waals surface area contributed by atoms with Crippen molar-refractivity contribution in [3.05, 3.63) is 99.1 Å². The van der Waals surface area contributed by atoms with E-state index in [2.05, 4.69) is 56.5 Å². The molecule has 6 rings (SSSR count). The zero-order valence-electron chi connectivity index (χ0n) is 25.2. The van der Waals surface area contributed by atoms with E-state index in [1.165, 1.54) is 10.0 Å². The number of nitrogens with zero attached hydrogens (tertiary/aromatic N) is 5. The molecule has 4 heterocycles. The second kappa shape index (κ2) is 13.6. The molecule has 1 fully saturated rings. The molecule has 0 saturated carbocycles. The van der Waals surface area contributed by atoms with Crippen molar-refractivity contribution in [2.45, 2.75) is 33.0 Å². The van der Waals surface area contributed by atoms with Gasteiger partial charge in [-0.05, 0) is 0 Å². The van der Waals surface area contributed by atoms with Gasteiger partial charge in [0.2, 0.25) is 0 Å². The van der Waals surface area contributed by atoms with Crippen molar-refractivity contribution in [1.29, 1.82) is 0 Å². The Bertz CT molecular complexity index is 1740. The van der Waals surface area contributed by atoms with Crippen molar-refractivity contribution in [3.8, 4) is 11.1 Å². The van der Waals surface area contributed by atoms with E-state index in [0.29, 0.717) is 19.8 Å². The van der Waals surface area contributed by atoms with E-state index in [-0.39, 0.29) is 33.2 Å². The van der Waals surface area contributed by atoms with E-state index >= 15 is 0 Å². The number of benzene rings is 2. The Morgan fingerprint density at radius 2 is 1.84 bits per heavy atom. The molecule has 3 aromatic heterocycles. The first-order valence-corrected chi connectivity index (χ1v) is 16.6. The molecule has 1 amide bonds. The van der Waals surface area contributed by atoms with E-state index in [1.54, 1.807) is 11.9 Å². The van der Waals surface area contributed by atoms with Gasteiger partial charge in [-0.25, -0.2) is 0 Å². The van der Waals surface area contributed by atoms with Crippen LogP contribution in [0, 0.1) is 6.92 Å². The van der Waals surface area contributed by atoms with E-state index in [4.69, 9.17) is 14.5 Å². The van der Waals surface area contributed by atoms with Gasteiger partial charge >= 0.3 is 258 Å². The predicted octanol–water partition coefficient (Wildman–Crippen LogP) is 5.84. The van der Waals surface area contributed by atoms with Gasteiger partial charge in [0.15, 0.2) is 0 Å². The number of aromatic nitrogens is 3. The molecule has 1 atom stereocenters. The summed E-state index contributed by atoms with van der Waals surface area (Å²) >= 11 is 0.170. The van der Waals surface area contributed by atoms with E-state index in [0.717, 1.165) is 57.9 Å². The van der Waals surface area contributed by atoms with Gasteiger partial charge in [-0.2, -0.15) is 0 Å². The molecule has 1 aliphatic heterocycles. The summed E-state index contributed by atoms with van der Waals surface area (Å²) in [6.45, 7) is 7.91. The third kappa shape index (κ3) is 6.78. The van der Waals surface area contributed by atoms with E-state index in [1.807, 2.05) is 55.6 Å². The Kier molecular flexibility index (Phi) is 9.21. The SMILES string of the molecule is Cc1nnc(N[C@H](C)c2cc(-c3ccccc3CN(C)C(=O)OCc3ccccc3)c[se]2)c2cc(N3CCOCC3)ncc12. The normalized spacial score (nSPS) is 13.9. The zero-order chi connectivity index (χ0) is 30.5.